The van der Waals surface area contributed by atoms with E-state index in [0.717, 1.165) is 16.7 Å². The summed E-state index contributed by atoms with van der Waals surface area (Å²) in [5, 5.41) is 9.69. The molecule has 158 valence electrons. The van der Waals surface area contributed by atoms with Crippen molar-refractivity contribution >= 4 is 5.97 Å². The van der Waals surface area contributed by atoms with Crippen molar-refractivity contribution in [2.24, 2.45) is 0 Å². The van der Waals surface area contributed by atoms with Crippen LogP contribution in [0.3, 0.4) is 0 Å². The number of nitrogens with zero attached hydrogens (tertiary/aromatic N) is 3. The largest absolute Gasteiger partial charge is 0.489 e. The lowest BCUT2D eigenvalue weighted by molar-refractivity contribution is 0.0526. The first kappa shape index (κ1) is 20.9. The number of hydrogen-bond donors (Lipinski definition) is 0. The monoisotopic (exact) mass is 423 g/mol. The molecule has 2 aromatic heterocycles. The van der Waals surface area contributed by atoms with Crippen molar-refractivity contribution in [3.05, 3.63) is 102 Å². The Hall–Kier alpha value is -4.37. The molecule has 6 heteroatoms. The number of nitriles is 1. The molecule has 0 atom stereocenters. The first-order valence-electron chi connectivity index (χ1n) is 10.2. The fraction of sp³-hybridized carbons (Fsp3) is 0.115. The molecule has 4 rings (SSSR count). The van der Waals surface area contributed by atoms with E-state index in [-0.39, 0.29) is 0 Å². The average molecular weight is 423 g/mol. The van der Waals surface area contributed by atoms with Crippen LogP contribution >= 0.6 is 0 Å². The van der Waals surface area contributed by atoms with Crippen molar-refractivity contribution in [3.63, 3.8) is 0 Å². The van der Waals surface area contributed by atoms with Gasteiger partial charge in [0.15, 0.2) is 0 Å². The Morgan fingerprint density at radius 2 is 1.91 bits per heavy atom. The summed E-state index contributed by atoms with van der Waals surface area (Å²) in [5.74, 6) is 0.826. The number of ether oxygens (including phenoxy) is 2. The summed E-state index contributed by atoms with van der Waals surface area (Å²) >= 11 is 0. The number of carbonyl (C=O) groups is 1. The molecule has 0 radical (unpaired) electrons. The van der Waals surface area contributed by atoms with Crippen molar-refractivity contribution in [1.82, 2.24) is 9.55 Å². The number of rotatable bonds is 7. The van der Waals surface area contributed by atoms with Crippen LogP contribution in [-0.4, -0.2) is 22.1 Å². The lowest BCUT2D eigenvalue weighted by Crippen LogP contribution is -2.06. The molecule has 0 saturated carbocycles. The summed E-state index contributed by atoms with van der Waals surface area (Å²) in [4.78, 5) is 16.4. The van der Waals surface area contributed by atoms with E-state index in [9.17, 15) is 10.1 Å². The van der Waals surface area contributed by atoms with Crippen molar-refractivity contribution in [1.29, 1.82) is 5.26 Å². The summed E-state index contributed by atoms with van der Waals surface area (Å²) in [6, 6.07) is 23.0. The lowest BCUT2D eigenvalue weighted by atomic mass is 10.1. The van der Waals surface area contributed by atoms with E-state index >= 15 is 0 Å². The van der Waals surface area contributed by atoms with Gasteiger partial charge in [-0.2, -0.15) is 5.26 Å². The fourth-order valence-electron chi connectivity index (χ4n) is 3.30. The van der Waals surface area contributed by atoms with Crippen LogP contribution in [0, 0.1) is 11.3 Å². The molecule has 0 aliphatic rings. The Morgan fingerprint density at radius 3 is 2.69 bits per heavy atom. The van der Waals surface area contributed by atoms with Crippen molar-refractivity contribution in [2.75, 3.05) is 6.61 Å². The van der Waals surface area contributed by atoms with Crippen LogP contribution in [-0.2, 0) is 11.3 Å². The Balaban J connectivity index is 1.61. The van der Waals surface area contributed by atoms with E-state index in [1.807, 2.05) is 60.8 Å². The van der Waals surface area contributed by atoms with Gasteiger partial charge in [0.1, 0.15) is 24.2 Å². The van der Waals surface area contributed by atoms with Gasteiger partial charge >= 0.3 is 5.97 Å². The van der Waals surface area contributed by atoms with Gasteiger partial charge in [-0.15, -0.1) is 0 Å². The number of aromatic nitrogens is 2. The number of pyridine rings is 1. The number of esters is 1. The average Bonchev–Trinajstić information content (AvgIpc) is 3.29. The Labute approximate surface area is 186 Å². The summed E-state index contributed by atoms with van der Waals surface area (Å²) in [5.41, 5.74) is 3.58. The van der Waals surface area contributed by atoms with Gasteiger partial charge in [-0.3, -0.25) is 0 Å². The highest BCUT2D eigenvalue weighted by Crippen LogP contribution is 2.29. The minimum absolute atomic E-state index is 0.297. The maximum Gasteiger partial charge on any atom is 0.338 e. The van der Waals surface area contributed by atoms with Crippen LogP contribution in [0.1, 0.15) is 28.4 Å². The van der Waals surface area contributed by atoms with Gasteiger partial charge in [-0.05, 0) is 42.3 Å². The SMILES string of the molecule is CCOC(=O)c1ccnc(-n2cc(C#N)c(-c3cccc(OCc4ccccc4)c3)c2)c1. The van der Waals surface area contributed by atoms with Gasteiger partial charge in [0.25, 0.3) is 0 Å². The summed E-state index contributed by atoms with van der Waals surface area (Å²) in [6.07, 6.45) is 5.07. The Kier molecular flexibility index (Phi) is 6.28. The van der Waals surface area contributed by atoms with Crippen LogP contribution in [0.5, 0.6) is 5.75 Å². The maximum atomic E-state index is 12.1. The minimum atomic E-state index is -0.410. The van der Waals surface area contributed by atoms with Crippen molar-refractivity contribution < 1.29 is 14.3 Å². The molecule has 0 saturated heterocycles. The topological polar surface area (TPSA) is 77.1 Å². The highest BCUT2D eigenvalue weighted by atomic mass is 16.5. The molecule has 6 nitrogen and oxygen atoms in total. The number of hydrogen-bond acceptors (Lipinski definition) is 5. The highest BCUT2D eigenvalue weighted by molar-refractivity contribution is 5.89. The quantitative estimate of drug-likeness (QED) is 0.384. The van der Waals surface area contributed by atoms with E-state index in [1.54, 1.807) is 36.0 Å². The zero-order valence-corrected chi connectivity index (χ0v) is 17.6. The smallest absolute Gasteiger partial charge is 0.338 e. The molecule has 0 amide bonds. The van der Waals surface area contributed by atoms with Gasteiger partial charge in [0.2, 0.25) is 0 Å². The molecule has 0 spiro atoms. The molecule has 2 heterocycles. The summed E-state index contributed by atoms with van der Waals surface area (Å²) in [7, 11) is 0. The van der Waals surface area contributed by atoms with Crippen molar-refractivity contribution in [3.8, 4) is 28.8 Å². The van der Waals surface area contributed by atoms with Crippen LogP contribution < -0.4 is 4.74 Å². The minimum Gasteiger partial charge on any atom is -0.489 e. The van der Waals surface area contributed by atoms with Crippen molar-refractivity contribution in [2.45, 2.75) is 13.5 Å². The second kappa shape index (κ2) is 9.63. The van der Waals surface area contributed by atoms with Gasteiger partial charge in [-0.1, -0.05) is 42.5 Å². The van der Waals surface area contributed by atoms with E-state index in [2.05, 4.69) is 11.1 Å². The molecular weight excluding hydrogens is 402 g/mol. The highest BCUT2D eigenvalue weighted by Gasteiger charge is 2.13. The molecule has 0 bridgehead atoms. The molecule has 32 heavy (non-hydrogen) atoms. The predicted molar refractivity (Wildman–Crippen MR) is 120 cm³/mol. The molecule has 4 aromatic rings. The lowest BCUT2D eigenvalue weighted by Gasteiger charge is -2.08. The molecule has 0 aliphatic carbocycles. The third-order valence-electron chi connectivity index (χ3n) is 4.86. The Morgan fingerprint density at radius 1 is 1.06 bits per heavy atom. The molecular formula is C26H21N3O3. The van der Waals surface area contributed by atoms with Crippen LogP contribution in [0.2, 0.25) is 0 Å². The molecule has 0 aliphatic heterocycles. The van der Waals surface area contributed by atoms with Crippen LogP contribution in [0.4, 0.5) is 0 Å². The zero-order chi connectivity index (χ0) is 22.3. The fourth-order valence-corrected chi connectivity index (χ4v) is 3.30. The third-order valence-corrected chi connectivity index (χ3v) is 4.86. The first-order valence-corrected chi connectivity index (χ1v) is 10.2. The van der Waals surface area contributed by atoms with Crippen LogP contribution in [0.15, 0.2) is 85.3 Å². The van der Waals surface area contributed by atoms with Crippen LogP contribution in [0.25, 0.3) is 16.9 Å². The molecule has 0 N–H and O–H groups in total. The van der Waals surface area contributed by atoms with E-state index in [1.165, 1.54) is 0 Å². The standard InChI is InChI=1S/C26H21N3O3/c1-2-31-26(30)21-11-12-28-25(14-21)29-16-22(15-27)24(17-29)20-9-6-10-23(13-20)32-18-19-7-4-3-5-8-19/h3-14,16-17H,2,18H2,1H3. The third kappa shape index (κ3) is 4.68. The number of carbonyl (C=O) groups excluding carboxylic acids is 1. The summed E-state index contributed by atoms with van der Waals surface area (Å²) in [6.45, 7) is 2.52. The zero-order valence-electron chi connectivity index (χ0n) is 17.6. The Bertz CT molecular complexity index is 1270. The normalized spacial score (nSPS) is 10.4. The molecule has 0 unspecified atom stereocenters. The number of benzene rings is 2. The van der Waals surface area contributed by atoms with E-state index in [4.69, 9.17) is 9.47 Å². The van der Waals surface area contributed by atoms with E-state index in [0.29, 0.717) is 35.9 Å². The molecule has 2 aromatic carbocycles. The van der Waals surface area contributed by atoms with Gasteiger partial charge in [0, 0.05) is 24.2 Å². The van der Waals surface area contributed by atoms with Gasteiger partial charge in [-0.25, -0.2) is 9.78 Å². The van der Waals surface area contributed by atoms with Gasteiger partial charge in [0.05, 0.1) is 17.7 Å². The second-order valence-corrected chi connectivity index (χ2v) is 7.03. The first-order chi connectivity index (χ1) is 15.7. The molecule has 0 fully saturated rings. The van der Waals surface area contributed by atoms with E-state index < -0.39 is 5.97 Å². The predicted octanol–water partition coefficient (Wildman–Crippen LogP) is 5.17. The second-order valence-electron chi connectivity index (χ2n) is 7.03. The van der Waals surface area contributed by atoms with Gasteiger partial charge < -0.3 is 14.0 Å². The maximum absolute atomic E-state index is 12.1. The summed E-state index contributed by atoms with van der Waals surface area (Å²) < 4.78 is 12.7.